The van der Waals surface area contributed by atoms with Gasteiger partial charge in [0.15, 0.2) is 0 Å². The number of anilines is 2. The van der Waals surface area contributed by atoms with Crippen LogP contribution >= 0.6 is 0 Å². The number of nitrogens with two attached hydrogens (primary N) is 1. The van der Waals surface area contributed by atoms with Crippen molar-refractivity contribution in [2.24, 2.45) is 11.7 Å². The van der Waals surface area contributed by atoms with E-state index in [4.69, 9.17) is 5.73 Å². The first-order chi connectivity index (χ1) is 11.1. The standard InChI is InChI=1S/C17H24N4O2/c18-16(22)12-6-9-21(10-7-12)14-4-1-3-13(11-14)20-17(23)15-5-2-8-19-15/h1,3-4,11-12,15,19H,2,5-10H2,(H2,18,22)(H,20,23). The van der Waals surface area contributed by atoms with Crippen LogP contribution in [0, 0.1) is 5.92 Å². The van der Waals surface area contributed by atoms with E-state index in [0.717, 1.165) is 56.7 Å². The number of amides is 2. The monoisotopic (exact) mass is 316 g/mol. The van der Waals surface area contributed by atoms with Crippen LogP contribution in [0.25, 0.3) is 0 Å². The van der Waals surface area contributed by atoms with Crippen LogP contribution in [0.4, 0.5) is 11.4 Å². The summed E-state index contributed by atoms with van der Waals surface area (Å²) in [5, 5.41) is 6.19. The molecule has 0 radical (unpaired) electrons. The molecule has 2 aliphatic heterocycles. The summed E-state index contributed by atoms with van der Waals surface area (Å²) < 4.78 is 0. The zero-order valence-corrected chi connectivity index (χ0v) is 13.3. The van der Waals surface area contributed by atoms with Crippen molar-refractivity contribution in [3.05, 3.63) is 24.3 Å². The number of primary amides is 1. The van der Waals surface area contributed by atoms with Gasteiger partial charge in [-0.05, 0) is 50.4 Å². The SMILES string of the molecule is NC(=O)C1CCN(c2cccc(NC(=O)C3CCCN3)c2)CC1. The largest absolute Gasteiger partial charge is 0.371 e. The van der Waals surface area contributed by atoms with Crippen molar-refractivity contribution < 1.29 is 9.59 Å². The van der Waals surface area contributed by atoms with Crippen molar-refractivity contribution in [2.75, 3.05) is 29.9 Å². The molecule has 6 nitrogen and oxygen atoms in total. The molecule has 2 amide bonds. The summed E-state index contributed by atoms with van der Waals surface area (Å²) in [7, 11) is 0. The van der Waals surface area contributed by atoms with E-state index < -0.39 is 0 Å². The van der Waals surface area contributed by atoms with Crippen molar-refractivity contribution in [3.8, 4) is 0 Å². The van der Waals surface area contributed by atoms with Gasteiger partial charge in [-0.25, -0.2) is 0 Å². The van der Waals surface area contributed by atoms with Gasteiger partial charge in [-0.2, -0.15) is 0 Å². The molecule has 1 aromatic carbocycles. The van der Waals surface area contributed by atoms with Gasteiger partial charge < -0.3 is 21.3 Å². The number of rotatable bonds is 4. The van der Waals surface area contributed by atoms with Gasteiger partial charge in [0.1, 0.15) is 0 Å². The fraction of sp³-hybridized carbons (Fsp3) is 0.529. The smallest absolute Gasteiger partial charge is 0.241 e. The number of piperidine rings is 1. The summed E-state index contributed by atoms with van der Waals surface area (Å²) in [6, 6.07) is 7.82. The third-order valence-electron chi connectivity index (χ3n) is 4.75. The Balaban J connectivity index is 1.61. The molecule has 1 unspecified atom stereocenters. The fourth-order valence-corrected chi connectivity index (χ4v) is 3.34. The van der Waals surface area contributed by atoms with Crippen LogP contribution in [-0.4, -0.2) is 37.5 Å². The predicted octanol–water partition coefficient (Wildman–Crippen LogP) is 1.08. The summed E-state index contributed by atoms with van der Waals surface area (Å²) in [5.74, 6) is -0.176. The number of hydrogen-bond donors (Lipinski definition) is 3. The second-order valence-electron chi connectivity index (χ2n) is 6.35. The Labute approximate surface area is 136 Å². The van der Waals surface area contributed by atoms with Crippen LogP contribution in [-0.2, 0) is 9.59 Å². The predicted molar refractivity (Wildman–Crippen MR) is 90.2 cm³/mol. The van der Waals surface area contributed by atoms with E-state index >= 15 is 0 Å². The zero-order chi connectivity index (χ0) is 16.2. The van der Waals surface area contributed by atoms with Crippen molar-refractivity contribution in [1.29, 1.82) is 0 Å². The van der Waals surface area contributed by atoms with E-state index in [9.17, 15) is 9.59 Å². The molecule has 0 aliphatic carbocycles. The molecule has 124 valence electrons. The summed E-state index contributed by atoms with van der Waals surface area (Å²) in [4.78, 5) is 25.7. The number of carbonyl (C=O) groups is 2. The highest BCUT2D eigenvalue weighted by atomic mass is 16.2. The van der Waals surface area contributed by atoms with Crippen LogP contribution in [0.1, 0.15) is 25.7 Å². The van der Waals surface area contributed by atoms with E-state index in [1.807, 2.05) is 24.3 Å². The number of nitrogens with one attached hydrogen (secondary N) is 2. The molecule has 1 atom stereocenters. The van der Waals surface area contributed by atoms with Crippen molar-refractivity contribution in [2.45, 2.75) is 31.7 Å². The van der Waals surface area contributed by atoms with Gasteiger partial charge in [0.2, 0.25) is 11.8 Å². The maximum atomic E-state index is 12.2. The van der Waals surface area contributed by atoms with Crippen molar-refractivity contribution >= 4 is 23.2 Å². The molecular weight excluding hydrogens is 292 g/mol. The summed E-state index contributed by atoms with van der Waals surface area (Å²) in [5.41, 5.74) is 7.27. The lowest BCUT2D eigenvalue weighted by molar-refractivity contribution is -0.122. The average molecular weight is 316 g/mol. The summed E-state index contributed by atoms with van der Waals surface area (Å²) in [6.07, 6.45) is 3.52. The van der Waals surface area contributed by atoms with Crippen molar-refractivity contribution in [3.63, 3.8) is 0 Å². The van der Waals surface area contributed by atoms with E-state index in [1.165, 1.54) is 0 Å². The lowest BCUT2D eigenvalue weighted by atomic mass is 9.96. The van der Waals surface area contributed by atoms with Gasteiger partial charge in [-0.3, -0.25) is 9.59 Å². The van der Waals surface area contributed by atoms with Gasteiger partial charge >= 0.3 is 0 Å². The first kappa shape index (κ1) is 15.8. The number of nitrogens with zero attached hydrogens (tertiary/aromatic N) is 1. The van der Waals surface area contributed by atoms with E-state index in [1.54, 1.807) is 0 Å². The topological polar surface area (TPSA) is 87.5 Å². The third-order valence-corrected chi connectivity index (χ3v) is 4.75. The van der Waals surface area contributed by atoms with Gasteiger partial charge in [0.05, 0.1) is 6.04 Å². The molecule has 2 fully saturated rings. The van der Waals surface area contributed by atoms with Crippen LogP contribution in [0.15, 0.2) is 24.3 Å². The molecule has 0 saturated carbocycles. The second kappa shape index (κ2) is 7.00. The minimum Gasteiger partial charge on any atom is -0.371 e. The highest BCUT2D eigenvalue weighted by molar-refractivity contribution is 5.95. The highest BCUT2D eigenvalue weighted by Crippen LogP contribution is 2.25. The van der Waals surface area contributed by atoms with Crippen LogP contribution in [0.2, 0.25) is 0 Å². The Hall–Kier alpha value is -2.08. The summed E-state index contributed by atoms with van der Waals surface area (Å²) in [6.45, 7) is 2.54. The van der Waals surface area contributed by atoms with Crippen LogP contribution in [0.5, 0.6) is 0 Å². The molecule has 2 heterocycles. The number of hydrogen-bond acceptors (Lipinski definition) is 4. The number of benzene rings is 1. The molecule has 6 heteroatoms. The zero-order valence-electron chi connectivity index (χ0n) is 13.3. The molecule has 0 spiro atoms. The Bertz CT molecular complexity index is 576. The average Bonchev–Trinajstić information content (AvgIpc) is 3.10. The van der Waals surface area contributed by atoms with Gasteiger partial charge in [0.25, 0.3) is 0 Å². The van der Waals surface area contributed by atoms with Gasteiger partial charge in [-0.15, -0.1) is 0 Å². The molecule has 0 aromatic heterocycles. The number of carbonyl (C=O) groups excluding carboxylic acids is 2. The first-order valence-corrected chi connectivity index (χ1v) is 8.32. The lowest BCUT2D eigenvalue weighted by Crippen LogP contribution is -2.38. The molecule has 2 aliphatic rings. The molecule has 4 N–H and O–H groups in total. The second-order valence-corrected chi connectivity index (χ2v) is 6.35. The van der Waals surface area contributed by atoms with Crippen LogP contribution in [0.3, 0.4) is 0 Å². The Morgan fingerprint density at radius 2 is 2.00 bits per heavy atom. The first-order valence-electron chi connectivity index (χ1n) is 8.32. The quantitative estimate of drug-likeness (QED) is 0.775. The minimum atomic E-state index is -0.199. The van der Waals surface area contributed by atoms with E-state index in [-0.39, 0.29) is 23.8 Å². The molecule has 2 saturated heterocycles. The van der Waals surface area contributed by atoms with Gasteiger partial charge in [0, 0.05) is 30.4 Å². The maximum Gasteiger partial charge on any atom is 0.241 e. The maximum absolute atomic E-state index is 12.2. The molecular formula is C17H24N4O2. The fourth-order valence-electron chi connectivity index (χ4n) is 3.34. The minimum absolute atomic E-state index is 0.0115. The summed E-state index contributed by atoms with van der Waals surface area (Å²) >= 11 is 0. The Morgan fingerprint density at radius 3 is 2.65 bits per heavy atom. The van der Waals surface area contributed by atoms with E-state index in [0.29, 0.717) is 0 Å². The Morgan fingerprint density at radius 1 is 1.22 bits per heavy atom. The third kappa shape index (κ3) is 3.82. The lowest BCUT2D eigenvalue weighted by Gasteiger charge is -2.32. The van der Waals surface area contributed by atoms with E-state index in [2.05, 4.69) is 15.5 Å². The Kier molecular flexibility index (Phi) is 4.81. The molecule has 1 aromatic rings. The van der Waals surface area contributed by atoms with Gasteiger partial charge in [-0.1, -0.05) is 6.07 Å². The molecule has 3 rings (SSSR count). The van der Waals surface area contributed by atoms with Crippen molar-refractivity contribution in [1.82, 2.24) is 5.32 Å². The van der Waals surface area contributed by atoms with Crippen LogP contribution < -0.4 is 21.3 Å². The molecule has 23 heavy (non-hydrogen) atoms. The normalized spacial score (nSPS) is 22.1. The highest BCUT2D eigenvalue weighted by Gasteiger charge is 2.24. The molecule has 0 bridgehead atoms.